The second kappa shape index (κ2) is 6.43. The molecule has 6 nitrogen and oxygen atoms in total. The van der Waals surface area contributed by atoms with Crippen LogP contribution in [0.15, 0.2) is 24.3 Å². The number of carbonyl (C=O) groups excluding carboxylic acids is 3. The lowest BCUT2D eigenvalue weighted by atomic mass is 10.0. The first-order valence-electron chi connectivity index (χ1n) is 7.48. The average Bonchev–Trinajstić information content (AvgIpc) is 3.18. The Kier molecular flexibility index (Phi) is 4.90. The number of alkyl carbamates (subject to hydrolysis) is 1. The fourth-order valence-electron chi connectivity index (χ4n) is 2.51. The first-order chi connectivity index (χ1) is 11.1. The number of amides is 1. The second-order valence-corrected chi connectivity index (χ2v) is 7.16. The lowest BCUT2D eigenvalue weighted by Gasteiger charge is -2.23. The molecule has 0 spiro atoms. The predicted octanol–water partition coefficient (Wildman–Crippen LogP) is 2.98. The molecule has 1 fully saturated rings. The van der Waals surface area contributed by atoms with Crippen molar-refractivity contribution in [2.75, 3.05) is 7.11 Å². The van der Waals surface area contributed by atoms with Gasteiger partial charge in [0.2, 0.25) is 0 Å². The number of ketones is 1. The van der Waals surface area contributed by atoms with E-state index in [0.29, 0.717) is 10.6 Å². The Balaban J connectivity index is 2.19. The first-order valence-corrected chi connectivity index (χ1v) is 7.86. The minimum Gasteiger partial charge on any atom is -0.467 e. The topological polar surface area (TPSA) is 81.7 Å². The van der Waals surface area contributed by atoms with E-state index < -0.39 is 29.1 Å². The van der Waals surface area contributed by atoms with Crippen LogP contribution in [-0.2, 0) is 14.3 Å². The van der Waals surface area contributed by atoms with Gasteiger partial charge in [0.05, 0.1) is 13.0 Å². The number of Topliss-reactive ketones (excluding diaryl/α,β-unsaturated/α-hetero) is 1. The van der Waals surface area contributed by atoms with Gasteiger partial charge in [-0.25, -0.2) is 9.59 Å². The number of methoxy groups -OCH3 is 1. The van der Waals surface area contributed by atoms with Crippen LogP contribution in [0.5, 0.6) is 0 Å². The summed E-state index contributed by atoms with van der Waals surface area (Å²) in [6.45, 7) is 5.12. The molecule has 1 aliphatic rings. The van der Waals surface area contributed by atoms with E-state index in [-0.39, 0.29) is 12.2 Å². The van der Waals surface area contributed by atoms with Crippen LogP contribution in [0.4, 0.5) is 4.79 Å². The zero-order valence-electron chi connectivity index (χ0n) is 14.0. The summed E-state index contributed by atoms with van der Waals surface area (Å²) < 4.78 is 9.93. The van der Waals surface area contributed by atoms with Crippen LogP contribution in [0.2, 0.25) is 5.02 Å². The third-order valence-electron chi connectivity index (χ3n) is 3.66. The summed E-state index contributed by atoms with van der Waals surface area (Å²) >= 11 is 5.90. The van der Waals surface area contributed by atoms with Crippen molar-refractivity contribution in [2.45, 2.75) is 38.3 Å². The minimum absolute atomic E-state index is 0.157. The highest BCUT2D eigenvalue weighted by molar-refractivity contribution is 6.31. The van der Waals surface area contributed by atoms with Gasteiger partial charge < -0.3 is 14.8 Å². The van der Waals surface area contributed by atoms with Crippen LogP contribution in [0.25, 0.3) is 0 Å². The maximum absolute atomic E-state index is 12.6. The van der Waals surface area contributed by atoms with Crippen molar-refractivity contribution in [2.24, 2.45) is 5.92 Å². The van der Waals surface area contributed by atoms with Crippen LogP contribution < -0.4 is 5.32 Å². The molecule has 24 heavy (non-hydrogen) atoms. The summed E-state index contributed by atoms with van der Waals surface area (Å²) in [7, 11) is 1.21. The zero-order valence-corrected chi connectivity index (χ0v) is 14.8. The third-order valence-corrected chi connectivity index (χ3v) is 3.90. The molecule has 0 radical (unpaired) electrons. The van der Waals surface area contributed by atoms with E-state index in [9.17, 15) is 14.4 Å². The number of carbonyl (C=O) groups is 3. The minimum atomic E-state index is -1.39. The van der Waals surface area contributed by atoms with E-state index in [4.69, 9.17) is 21.1 Å². The molecule has 130 valence electrons. The Morgan fingerprint density at radius 3 is 2.50 bits per heavy atom. The smallest absolute Gasteiger partial charge is 0.408 e. The van der Waals surface area contributed by atoms with Crippen molar-refractivity contribution in [3.05, 3.63) is 34.9 Å². The van der Waals surface area contributed by atoms with Gasteiger partial charge in [-0.1, -0.05) is 23.7 Å². The number of benzene rings is 1. The van der Waals surface area contributed by atoms with Gasteiger partial charge in [0.25, 0.3) is 0 Å². The van der Waals surface area contributed by atoms with Gasteiger partial charge in [-0.15, -0.1) is 0 Å². The first kappa shape index (κ1) is 18.3. The third kappa shape index (κ3) is 3.87. The number of nitrogens with one attached hydrogen (secondary N) is 1. The Labute approximate surface area is 145 Å². The molecule has 1 aromatic rings. The van der Waals surface area contributed by atoms with Crippen molar-refractivity contribution < 1.29 is 23.9 Å². The monoisotopic (exact) mass is 353 g/mol. The molecule has 0 aromatic heterocycles. The molecule has 1 N–H and O–H groups in total. The summed E-state index contributed by atoms with van der Waals surface area (Å²) in [6.07, 6.45) is -0.612. The molecule has 7 heteroatoms. The van der Waals surface area contributed by atoms with E-state index in [0.717, 1.165) is 0 Å². The average molecular weight is 354 g/mol. The van der Waals surface area contributed by atoms with Gasteiger partial charge in [-0.2, -0.15) is 0 Å². The highest BCUT2D eigenvalue weighted by atomic mass is 35.5. The van der Waals surface area contributed by atoms with Gasteiger partial charge in [0.15, 0.2) is 11.3 Å². The van der Waals surface area contributed by atoms with E-state index >= 15 is 0 Å². The van der Waals surface area contributed by atoms with Crippen LogP contribution in [-0.4, -0.2) is 36.1 Å². The molecule has 2 atom stereocenters. The molecule has 1 aromatic carbocycles. The van der Waals surface area contributed by atoms with Crippen molar-refractivity contribution in [3.8, 4) is 0 Å². The van der Waals surface area contributed by atoms with Crippen molar-refractivity contribution in [1.82, 2.24) is 5.32 Å². The van der Waals surface area contributed by atoms with Gasteiger partial charge in [0.1, 0.15) is 5.60 Å². The zero-order chi connectivity index (χ0) is 18.1. The van der Waals surface area contributed by atoms with Crippen molar-refractivity contribution in [1.29, 1.82) is 0 Å². The van der Waals surface area contributed by atoms with E-state index in [1.54, 1.807) is 39.0 Å². The van der Waals surface area contributed by atoms with Gasteiger partial charge in [-0.3, -0.25) is 4.79 Å². The van der Waals surface area contributed by atoms with Crippen LogP contribution in [0.1, 0.15) is 37.6 Å². The van der Waals surface area contributed by atoms with Crippen LogP contribution in [0.3, 0.4) is 0 Å². The van der Waals surface area contributed by atoms with E-state index in [1.807, 2.05) is 0 Å². The number of ether oxygens (including phenoxy) is 2. The number of hydrogen-bond donors (Lipinski definition) is 1. The van der Waals surface area contributed by atoms with Crippen LogP contribution in [0, 0.1) is 5.92 Å². The molecule has 2 rings (SSSR count). The molecular formula is C17H20ClNO5. The standard InChI is InChI=1S/C17H20ClNO5/c1-16(2,3)24-15(22)19-17(14(21)23-4)9-12(17)13(20)10-6-5-7-11(18)8-10/h5-8,12H,9H2,1-4H3,(H,19,22). The van der Waals surface area contributed by atoms with Gasteiger partial charge >= 0.3 is 12.1 Å². The molecule has 0 heterocycles. The van der Waals surface area contributed by atoms with Crippen LogP contribution >= 0.6 is 11.6 Å². The SMILES string of the molecule is COC(=O)C1(NC(=O)OC(C)(C)C)CC1C(=O)c1cccc(Cl)c1. The predicted molar refractivity (Wildman–Crippen MR) is 88.0 cm³/mol. The maximum atomic E-state index is 12.6. The molecule has 0 bridgehead atoms. The van der Waals surface area contributed by atoms with Gasteiger partial charge in [0, 0.05) is 10.6 Å². The molecule has 1 amide bonds. The summed E-state index contributed by atoms with van der Waals surface area (Å²) in [5.41, 5.74) is -1.73. The maximum Gasteiger partial charge on any atom is 0.408 e. The molecule has 1 aliphatic carbocycles. The summed E-state index contributed by atoms with van der Waals surface area (Å²) in [6, 6.07) is 6.44. The molecule has 0 saturated heterocycles. The van der Waals surface area contributed by atoms with E-state index in [1.165, 1.54) is 13.2 Å². The summed E-state index contributed by atoms with van der Waals surface area (Å²) in [4.78, 5) is 36.8. The summed E-state index contributed by atoms with van der Waals surface area (Å²) in [5.74, 6) is -1.66. The lowest BCUT2D eigenvalue weighted by molar-refractivity contribution is -0.144. The second-order valence-electron chi connectivity index (χ2n) is 6.72. The highest BCUT2D eigenvalue weighted by Crippen LogP contribution is 2.46. The molecular weight excluding hydrogens is 334 g/mol. The lowest BCUT2D eigenvalue weighted by Crippen LogP contribution is -2.48. The molecule has 0 aliphatic heterocycles. The fourth-order valence-corrected chi connectivity index (χ4v) is 2.70. The number of hydrogen-bond acceptors (Lipinski definition) is 5. The summed E-state index contributed by atoms with van der Waals surface area (Å²) in [5, 5.41) is 2.92. The Hall–Kier alpha value is -2.08. The highest BCUT2D eigenvalue weighted by Gasteiger charge is 2.66. The normalized spacial score (nSPS) is 22.5. The Morgan fingerprint density at radius 1 is 1.29 bits per heavy atom. The Bertz CT molecular complexity index is 682. The number of rotatable bonds is 4. The quantitative estimate of drug-likeness (QED) is 0.664. The molecule has 1 saturated carbocycles. The number of halogens is 1. The van der Waals surface area contributed by atoms with Crippen molar-refractivity contribution in [3.63, 3.8) is 0 Å². The molecule has 2 unspecified atom stereocenters. The van der Waals surface area contributed by atoms with Crippen molar-refractivity contribution >= 4 is 29.4 Å². The van der Waals surface area contributed by atoms with Gasteiger partial charge in [-0.05, 0) is 39.3 Å². The fraction of sp³-hybridized carbons (Fsp3) is 0.471. The van der Waals surface area contributed by atoms with E-state index in [2.05, 4.69) is 5.32 Å². The number of esters is 1. The largest absolute Gasteiger partial charge is 0.467 e. The Morgan fingerprint density at radius 2 is 1.96 bits per heavy atom.